The number of amides is 2. The van der Waals surface area contributed by atoms with Gasteiger partial charge >= 0.3 is 0 Å². The minimum atomic E-state index is -0.805. The molecule has 22 heavy (non-hydrogen) atoms. The first-order valence-corrected chi connectivity index (χ1v) is 6.93. The summed E-state index contributed by atoms with van der Waals surface area (Å²) in [5.74, 6) is -0.928. The van der Waals surface area contributed by atoms with Crippen LogP contribution in [0.25, 0.3) is 0 Å². The van der Waals surface area contributed by atoms with Crippen molar-refractivity contribution in [2.24, 2.45) is 0 Å². The number of hydrogen-bond acceptors (Lipinski definition) is 3. The maximum atomic E-state index is 12.1. The van der Waals surface area contributed by atoms with Gasteiger partial charge in [-0.25, -0.2) is 0 Å². The molecule has 5 nitrogen and oxygen atoms in total. The Morgan fingerprint density at radius 1 is 1.05 bits per heavy atom. The summed E-state index contributed by atoms with van der Waals surface area (Å²) in [6, 6.07) is 15.4. The van der Waals surface area contributed by atoms with Gasteiger partial charge in [-0.15, -0.1) is 0 Å². The van der Waals surface area contributed by atoms with E-state index in [2.05, 4.69) is 10.9 Å². The molecule has 1 unspecified atom stereocenters. The van der Waals surface area contributed by atoms with E-state index < -0.39 is 17.9 Å². The lowest BCUT2D eigenvalue weighted by Gasteiger charge is -2.16. The smallest absolute Gasteiger partial charge is 0.272 e. The van der Waals surface area contributed by atoms with E-state index in [-0.39, 0.29) is 0 Å². The second-order valence-electron chi connectivity index (χ2n) is 4.48. The van der Waals surface area contributed by atoms with E-state index in [0.717, 1.165) is 0 Å². The van der Waals surface area contributed by atoms with E-state index in [1.54, 1.807) is 42.5 Å². The first kappa shape index (κ1) is 16.0. The zero-order valence-corrected chi connectivity index (χ0v) is 12.6. The van der Waals surface area contributed by atoms with Crippen LogP contribution in [0.15, 0.2) is 54.6 Å². The highest BCUT2D eigenvalue weighted by atomic mass is 35.5. The fraction of sp³-hybridized carbons (Fsp3) is 0.125. The fourth-order valence-corrected chi connectivity index (χ4v) is 2.10. The molecule has 0 fully saturated rings. The monoisotopic (exact) mass is 318 g/mol. The predicted octanol–water partition coefficient (Wildman–Crippen LogP) is 2.49. The van der Waals surface area contributed by atoms with Crippen LogP contribution in [0.5, 0.6) is 0 Å². The number of carbonyl (C=O) groups is 2. The predicted molar refractivity (Wildman–Crippen MR) is 83.3 cm³/mol. The zero-order chi connectivity index (χ0) is 15.9. The number of carbonyl (C=O) groups excluding carboxylic acids is 2. The van der Waals surface area contributed by atoms with Gasteiger partial charge in [0.05, 0.1) is 0 Å². The molecule has 6 heteroatoms. The van der Waals surface area contributed by atoms with Gasteiger partial charge in [0, 0.05) is 17.7 Å². The molecule has 1 atom stereocenters. The molecule has 0 heterocycles. The summed E-state index contributed by atoms with van der Waals surface area (Å²) in [6.45, 7) is 0. The van der Waals surface area contributed by atoms with Crippen LogP contribution < -0.4 is 10.9 Å². The molecule has 0 aliphatic carbocycles. The van der Waals surface area contributed by atoms with E-state index >= 15 is 0 Å². The second-order valence-corrected chi connectivity index (χ2v) is 4.92. The van der Waals surface area contributed by atoms with Crippen LogP contribution in [0, 0.1) is 0 Å². The highest BCUT2D eigenvalue weighted by molar-refractivity contribution is 6.30. The summed E-state index contributed by atoms with van der Waals surface area (Å²) in [6.07, 6.45) is -0.805. The maximum Gasteiger partial charge on any atom is 0.272 e. The minimum Gasteiger partial charge on any atom is -0.367 e. The Labute approximate surface area is 133 Å². The number of benzene rings is 2. The van der Waals surface area contributed by atoms with E-state index in [4.69, 9.17) is 16.3 Å². The van der Waals surface area contributed by atoms with Gasteiger partial charge < -0.3 is 4.74 Å². The zero-order valence-electron chi connectivity index (χ0n) is 11.9. The van der Waals surface area contributed by atoms with Gasteiger partial charge in [0.1, 0.15) is 0 Å². The first-order chi connectivity index (χ1) is 10.6. The number of ether oxygens (including phenoxy) is 1. The van der Waals surface area contributed by atoms with Crippen LogP contribution in [-0.2, 0) is 9.53 Å². The van der Waals surface area contributed by atoms with Crippen LogP contribution in [0.1, 0.15) is 22.0 Å². The van der Waals surface area contributed by atoms with Crippen molar-refractivity contribution in [2.75, 3.05) is 7.11 Å². The Kier molecular flexibility index (Phi) is 5.52. The van der Waals surface area contributed by atoms with Crippen molar-refractivity contribution in [3.8, 4) is 0 Å². The standard InChI is InChI=1S/C16H15ClN2O3/c1-22-14(11-6-3-2-4-7-11)16(21)19-18-15(20)12-8-5-9-13(17)10-12/h2-10,14H,1H3,(H,18,20)(H,19,21). The van der Waals surface area contributed by atoms with Crippen molar-refractivity contribution in [1.29, 1.82) is 0 Å². The fourth-order valence-electron chi connectivity index (χ4n) is 1.91. The Morgan fingerprint density at radius 3 is 2.41 bits per heavy atom. The highest BCUT2D eigenvalue weighted by Gasteiger charge is 2.20. The van der Waals surface area contributed by atoms with Gasteiger partial charge in [0.15, 0.2) is 6.10 Å². The van der Waals surface area contributed by atoms with E-state index in [1.807, 2.05) is 6.07 Å². The Bertz CT molecular complexity index is 661. The first-order valence-electron chi connectivity index (χ1n) is 6.55. The van der Waals surface area contributed by atoms with Crippen molar-refractivity contribution in [3.05, 3.63) is 70.7 Å². The normalized spacial score (nSPS) is 11.5. The minimum absolute atomic E-state index is 0.349. The summed E-state index contributed by atoms with van der Waals surface area (Å²) in [7, 11) is 1.43. The average molecular weight is 319 g/mol. The lowest BCUT2D eigenvalue weighted by Crippen LogP contribution is -2.44. The third kappa shape index (κ3) is 4.07. The van der Waals surface area contributed by atoms with Gasteiger partial charge in [0.25, 0.3) is 11.8 Å². The summed E-state index contributed by atoms with van der Waals surface area (Å²) in [5.41, 5.74) is 5.72. The Balaban J connectivity index is 1.98. The van der Waals surface area contributed by atoms with Gasteiger partial charge in [-0.05, 0) is 23.8 Å². The number of hydrazine groups is 1. The number of hydrogen-bond donors (Lipinski definition) is 2. The molecule has 2 aromatic carbocycles. The quantitative estimate of drug-likeness (QED) is 0.851. The van der Waals surface area contributed by atoms with Crippen molar-refractivity contribution in [3.63, 3.8) is 0 Å². The lowest BCUT2D eigenvalue weighted by molar-refractivity contribution is -0.132. The molecule has 2 rings (SSSR count). The summed E-state index contributed by atoms with van der Waals surface area (Å²) < 4.78 is 5.17. The van der Waals surface area contributed by atoms with Crippen molar-refractivity contribution >= 4 is 23.4 Å². The van der Waals surface area contributed by atoms with Gasteiger partial charge in [-0.1, -0.05) is 48.0 Å². The molecule has 0 saturated carbocycles. The molecule has 114 valence electrons. The Morgan fingerprint density at radius 2 is 1.77 bits per heavy atom. The van der Waals surface area contributed by atoms with Crippen LogP contribution in [-0.4, -0.2) is 18.9 Å². The molecule has 2 amide bonds. The second kappa shape index (κ2) is 7.59. The van der Waals surface area contributed by atoms with Crippen molar-refractivity contribution < 1.29 is 14.3 Å². The van der Waals surface area contributed by atoms with Gasteiger partial charge in [-0.2, -0.15) is 0 Å². The molecular weight excluding hydrogens is 304 g/mol. The van der Waals surface area contributed by atoms with Crippen LogP contribution >= 0.6 is 11.6 Å². The largest absolute Gasteiger partial charge is 0.367 e. The highest BCUT2D eigenvalue weighted by Crippen LogP contribution is 2.16. The van der Waals surface area contributed by atoms with Crippen molar-refractivity contribution in [1.82, 2.24) is 10.9 Å². The summed E-state index contributed by atoms with van der Waals surface area (Å²) >= 11 is 5.82. The molecule has 2 aromatic rings. The van der Waals surface area contributed by atoms with E-state index in [1.165, 1.54) is 13.2 Å². The summed E-state index contributed by atoms with van der Waals surface area (Å²) in [5, 5.41) is 0.443. The molecule has 0 saturated heterocycles. The molecule has 0 spiro atoms. The number of rotatable bonds is 4. The molecule has 0 bridgehead atoms. The molecular formula is C16H15ClN2O3. The van der Waals surface area contributed by atoms with E-state index in [9.17, 15) is 9.59 Å². The number of halogens is 1. The lowest BCUT2D eigenvalue weighted by atomic mass is 10.1. The number of nitrogens with one attached hydrogen (secondary N) is 2. The SMILES string of the molecule is COC(C(=O)NNC(=O)c1cccc(Cl)c1)c1ccccc1. The maximum absolute atomic E-state index is 12.1. The average Bonchev–Trinajstić information content (AvgIpc) is 2.54. The van der Waals surface area contributed by atoms with Gasteiger partial charge in [0.2, 0.25) is 0 Å². The molecule has 0 radical (unpaired) electrons. The molecule has 2 N–H and O–H groups in total. The van der Waals surface area contributed by atoms with Crippen molar-refractivity contribution in [2.45, 2.75) is 6.10 Å². The van der Waals surface area contributed by atoms with Crippen LogP contribution in [0.2, 0.25) is 5.02 Å². The van der Waals surface area contributed by atoms with E-state index in [0.29, 0.717) is 16.1 Å². The molecule has 0 aliphatic heterocycles. The van der Waals surface area contributed by atoms with Crippen LogP contribution in [0.3, 0.4) is 0 Å². The number of methoxy groups -OCH3 is 1. The summed E-state index contributed by atoms with van der Waals surface area (Å²) in [4.78, 5) is 24.0. The topological polar surface area (TPSA) is 67.4 Å². The molecule has 0 aromatic heterocycles. The third-order valence-corrected chi connectivity index (χ3v) is 3.20. The third-order valence-electron chi connectivity index (χ3n) is 2.96. The Hall–Kier alpha value is -2.37. The molecule has 0 aliphatic rings. The van der Waals surface area contributed by atoms with Crippen LogP contribution in [0.4, 0.5) is 0 Å². The van der Waals surface area contributed by atoms with Gasteiger partial charge in [-0.3, -0.25) is 20.4 Å².